The first kappa shape index (κ1) is 20.7. The highest BCUT2D eigenvalue weighted by atomic mass is 32.2. The molecule has 0 fully saturated rings. The highest BCUT2D eigenvalue weighted by Gasteiger charge is 2.16. The van der Waals surface area contributed by atoms with Crippen LogP contribution >= 0.6 is 11.8 Å². The molecule has 0 aliphatic heterocycles. The molecule has 0 radical (unpaired) electrons. The van der Waals surface area contributed by atoms with E-state index in [1.807, 2.05) is 6.07 Å². The number of carbonyl (C=O) groups is 3. The van der Waals surface area contributed by atoms with Crippen molar-refractivity contribution >= 4 is 29.4 Å². The molecule has 7 heteroatoms. The van der Waals surface area contributed by atoms with E-state index in [0.717, 1.165) is 0 Å². The lowest BCUT2D eigenvalue weighted by atomic mass is 10.1. The van der Waals surface area contributed by atoms with Crippen molar-refractivity contribution in [1.29, 1.82) is 0 Å². The van der Waals surface area contributed by atoms with E-state index in [4.69, 9.17) is 9.47 Å². The maximum absolute atomic E-state index is 12.4. The lowest BCUT2D eigenvalue weighted by Crippen LogP contribution is -2.28. The van der Waals surface area contributed by atoms with Crippen LogP contribution in [-0.4, -0.2) is 50.3 Å². The molecule has 0 aliphatic rings. The first-order chi connectivity index (χ1) is 13.1. The molecule has 2 aromatic carbocycles. The van der Waals surface area contributed by atoms with Gasteiger partial charge in [-0.2, -0.15) is 0 Å². The molecule has 0 spiro atoms. The fraction of sp³-hybridized carbons (Fsp3) is 0.250. The summed E-state index contributed by atoms with van der Waals surface area (Å²) in [4.78, 5) is 36.8. The average Bonchev–Trinajstić information content (AvgIpc) is 2.71. The molecular formula is C20H21NO5S. The van der Waals surface area contributed by atoms with Crippen LogP contribution in [0.15, 0.2) is 59.5 Å². The number of methoxy groups -OCH3 is 1. The molecule has 6 nitrogen and oxygen atoms in total. The zero-order valence-corrected chi connectivity index (χ0v) is 15.8. The normalized spacial score (nSPS) is 10.3. The Morgan fingerprint density at radius 1 is 1.00 bits per heavy atom. The van der Waals surface area contributed by atoms with Crippen LogP contribution in [0.5, 0.6) is 0 Å². The standard InChI is InChI=1S/C20H21NO5S/c1-25-12-11-21-19(23)14-27-18-10-6-5-9-16(18)20(24)26-13-17(22)15-7-3-2-4-8-15/h2-10H,11-14H2,1H3,(H,21,23). The molecule has 0 unspecified atom stereocenters. The van der Waals surface area contributed by atoms with E-state index in [0.29, 0.717) is 29.2 Å². The minimum absolute atomic E-state index is 0.153. The molecule has 2 aromatic rings. The number of benzene rings is 2. The Hall–Kier alpha value is -2.64. The Balaban J connectivity index is 1.91. The maximum atomic E-state index is 12.4. The molecule has 27 heavy (non-hydrogen) atoms. The van der Waals surface area contributed by atoms with Crippen molar-refractivity contribution in [3.05, 3.63) is 65.7 Å². The van der Waals surface area contributed by atoms with E-state index in [1.54, 1.807) is 55.6 Å². The van der Waals surface area contributed by atoms with Crippen LogP contribution in [0.1, 0.15) is 20.7 Å². The summed E-state index contributed by atoms with van der Waals surface area (Å²) in [5, 5.41) is 2.72. The van der Waals surface area contributed by atoms with Gasteiger partial charge in [-0.3, -0.25) is 9.59 Å². The SMILES string of the molecule is COCCNC(=O)CSc1ccccc1C(=O)OCC(=O)c1ccccc1. The number of thioether (sulfide) groups is 1. The van der Waals surface area contributed by atoms with E-state index in [2.05, 4.69) is 5.32 Å². The highest BCUT2D eigenvalue weighted by Crippen LogP contribution is 2.23. The average molecular weight is 387 g/mol. The number of ketones is 1. The van der Waals surface area contributed by atoms with Gasteiger partial charge in [0.15, 0.2) is 12.4 Å². The molecule has 0 atom stereocenters. The molecule has 1 N–H and O–H groups in total. The van der Waals surface area contributed by atoms with Gasteiger partial charge in [-0.25, -0.2) is 4.79 Å². The Bertz CT molecular complexity index is 779. The van der Waals surface area contributed by atoms with E-state index in [1.165, 1.54) is 11.8 Å². The summed E-state index contributed by atoms with van der Waals surface area (Å²) >= 11 is 1.23. The largest absolute Gasteiger partial charge is 0.454 e. The Morgan fingerprint density at radius 3 is 2.44 bits per heavy atom. The van der Waals surface area contributed by atoms with Crippen LogP contribution in [0.4, 0.5) is 0 Å². The maximum Gasteiger partial charge on any atom is 0.339 e. The van der Waals surface area contributed by atoms with E-state index in [-0.39, 0.29) is 24.1 Å². The number of rotatable bonds is 10. The molecular weight excluding hydrogens is 366 g/mol. The van der Waals surface area contributed by atoms with Crippen LogP contribution in [0, 0.1) is 0 Å². The fourth-order valence-electron chi connectivity index (χ4n) is 2.16. The summed E-state index contributed by atoms with van der Waals surface area (Å²) in [6, 6.07) is 15.5. The summed E-state index contributed by atoms with van der Waals surface area (Å²) in [5.41, 5.74) is 0.814. The van der Waals surface area contributed by atoms with Crippen molar-refractivity contribution in [3.63, 3.8) is 0 Å². The van der Waals surface area contributed by atoms with Crippen molar-refractivity contribution in [2.24, 2.45) is 0 Å². The summed E-state index contributed by atoms with van der Waals surface area (Å²) in [6.45, 7) is 0.537. The lowest BCUT2D eigenvalue weighted by Gasteiger charge is -2.09. The third-order valence-electron chi connectivity index (χ3n) is 3.52. The number of carbonyl (C=O) groups excluding carboxylic acids is 3. The van der Waals surface area contributed by atoms with Crippen LogP contribution in [0.25, 0.3) is 0 Å². The van der Waals surface area contributed by atoms with E-state index >= 15 is 0 Å². The second-order valence-corrected chi connectivity index (χ2v) is 6.51. The van der Waals surface area contributed by atoms with Gasteiger partial charge >= 0.3 is 5.97 Å². The van der Waals surface area contributed by atoms with Gasteiger partial charge < -0.3 is 14.8 Å². The van der Waals surface area contributed by atoms with Crippen LogP contribution in [-0.2, 0) is 14.3 Å². The smallest absolute Gasteiger partial charge is 0.339 e. The van der Waals surface area contributed by atoms with Crippen molar-refractivity contribution in [3.8, 4) is 0 Å². The summed E-state index contributed by atoms with van der Waals surface area (Å²) in [6.07, 6.45) is 0. The lowest BCUT2D eigenvalue weighted by molar-refractivity contribution is -0.118. The Morgan fingerprint density at radius 2 is 1.70 bits per heavy atom. The zero-order valence-electron chi connectivity index (χ0n) is 15.0. The van der Waals surface area contributed by atoms with Gasteiger partial charge in [-0.1, -0.05) is 42.5 Å². The number of hydrogen-bond donors (Lipinski definition) is 1. The van der Waals surface area contributed by atoms with Crippen molar-refractivity contribution in [2.75, 3.05) is 32.6 Å². The van der Waals surface area contributed by atoms with Gasteiger partial charge in [0.2, 0.25) is 5.91 Å². The van der Waals surface area contributed by atoms with Crippen LogP contribution < -0.4 is 5.32 Å². The third kappa shape index (κ3) is 6.88. The number of esters is 1. The van der Waals surface area contributed by atoms with E-state index < -0.39 is 5.97 Å². The second kappa shape index (κ2) is 11.2. The molecule has 0 heterocycles. The number of nitrogens with one attached hydrogen (secondary N) is 1. The monoisotopic (exact) mass is 387 g/mol. The molecule has 1 amide bonds. The van der Waals surface area contributed by atoms with Gasteiger partial charge in [-0.05, 0) is 12.1 Å². The minimum atomic E-state index is -0.595. The number of Topliss-reactive ketones (excluding diaryl/α,β-unsaturated/α-hetero) is 1. The molecule has 2 rings (SSSR count). The summed E-state index contributed by atoms with van der Waals surface area (Å²) in [7, 11) is 1.56. The molecule has 0 saturated carbocycles. The fourth-order valence-corrected chi connectivity index (χ4v) is 3.03. The topological polar surface area (TPSA) is 81.7 Å². The summed E-state index contributed by atoms with van der Waals surface area (Å²) < 4.78 is 10.0. The van der Waals surface area contributed by atoms with Gasteiger partial charge in [0.05, 0.1) is 17.9 Å². The first-order valence-corrected chi connectivity index (χ1v) is 9.33. The van der Waals surface area contributed by atoms with E-state index in [9.17, 15) is 14.4 Å². The molecule has 0 aromatic heterocycles. The predicted molar refractivity (Wildman–Crippen MR) is 103 cm³/mol. The zero-order chi connectivity index (χ0) is 19.5. The Labute approximate surface area is 162 Å². The molecule has 0 aliphatic carbocycles. The predicted octanol–water partition coefficient (Wildman–Crippen LogP) is 2.58. The van der Waals surface area contributed by atoms with Gasteiger partial charge in [0.25, 0.3) is 0 Å². The number of hydrogen-bond acceptors (Lipinski definition) is 6. The molecule has 142 valence electrons. The molecule has 0 bridgehead atoms. The second-order valence-electron chi connectivity index (χ2n) is 5.49. The minimum Gasteiger partial charge on any atom is -0.454 e. The van der Waals surface area contributed by atoms with Crippen LogP contribution in [0.3, 0.4) is 0 Å². The molecule has 0 saturated heterocycles. The quantitative estimate of drug-likeness (QED) is 0.292. The Kier molecular flexibility index (Phi) is 8.54. The van der Waals surface area contributed by atoms with Gasteiger partial charge in [-0.15, -0.1) is 11.8 Å². The van der Waals surface area contributed by atoms with Crippen molar-refractivity contribution in [1.82, 2.24) is 5.32 Å². The van der Waals surface area contributed by atoms with Crippen LogP contribution in [0.2, 0.25) is 0 Å². The third-order valence-corrected chi connectivity index (χ3v) is 4.60. The first-order valence-electron chi connectivity index (χ1n) is 8.34. The number of ether oxygens (including phenoxy) is 2. The van der Waals surface area contributed by atoms with Gasteiger partial charge in [0.1, 0.15) is 0 Å². The summed E-state index contributed by atoms with van der Waals surface area (Å²) in [5.74, 6) is -0.856. The highest BCUT2D eigenvalue weighted by molar-refractivity contribution is 8.00. The number of amides is 1. The van der Waals surface area contributed by atoms with Crippen molar-refractivity contribution < 1.29 is 23.9 Å². The van der Waals surface area contributed by atoms with Crippen molar-refractivity contribution in [2.45, 2.75) is 4.90 Å². The van der Waals surface area contributed by atoms with Gasteiger partial charge in [0, 0.05) is 24.1 Å².